The summed E-state index contributed by atoms with van der Waals surface area (Å²) < 4.78 is 5.03. The van der Waals surface area contributed by atoms with Gasteiger partial charge in [0, 0.05) is 12.1 Å². The number of carbonyl (C=O) groups is 3. The molecule has 3 N–H and O–H groups in total. The zero-order valence-corrected chi connectivity index (χ0v) is 11.9. The van der Waals surface area contributed by atoms with Crippen molar-refractivity contribution < 1.29 is 24.0 Å². The first-order valence-corrected chi connectivity index (χ1v) is 6.28. The minimum atomic E-state index is -1.21. The van der Waals surface area contributed by atoms with Crippen LogP contribution in [0.15, 0.2) is 24.3 Å². The monoisotopic (exact) mass is 309 g/mol. The van der Waals surface area contributed by atoms with Gasteiger partial charge in [-0.05, 0) is 18.1 Å². The first kappa shape index (κ1) is 17.1. The molecule has 1 rings (SSSR count). The lowest BCUT2D eigenvalue weighted by molar-refractivity contribution is -0.384. The number of imide groups is 1. The number of rotatable bonds is 5. The number of nitrogens with zero attached hydrogens (tertiary/aromatic N) is 1. The SMILES string of the molecule is CC(C)C(OC(=O)c1ccc([N+](=O)[O-])cc1)C(=O)NC(N)=O. The van der Waals surface area contributed by atoms with Crippen LogP contribution in [0.5, 0.6) is 0 Å². The smallest absolute Gasteiger partial charge is 0.338 e. The van der Waals surface area contributed by atoms with Gasteiger partial charge in [0.15, 0.2) is 6.10 Å². The van der Waals surface area contributed by atoms with Crippen LogP contribution in [0.4, 0.5) is 10.5 Å². The van der Waals surface area contributed by atoms with Crippen LogP contribution in [-0.2, 0) is 9.53 Å². The largest absolute Gasteiger partial charge is 0.448 e. The molecule has 1 unspecified atom stereocenters. The van der Waals surface area contributed by atoms with Crippen molar-refractivity contribution >= 4 is 23.6 Å². The molecule has 0 saturated heterocycles. The second-order valence-electron chi connectivity index (χ2n) is 4.73. The zero-order chi connectivity index (χ0) is 16.9. The third kappa shape index (κ3) is 4.54. The van der Waals surface area contributed by atoms with E-state index in [0.29, 0.717) is 0 Å². The fraction of sp³-hybridized carbons (Fsp3) is 0.308. The van der Waals surface area contributed by atoms with Crippen LogP contribution in [0.1, 0.15) is 24.2 Å². The number of nitrogens with one attached hydrogen (secondary N) is 1. The summed E-state index contributed by atoms with van der Waals surface area (Å²) in [5.74, 6) is -2.08. The minimum Gasteiger partial charge on any atom is -0.448 e. The second kappa shape index (κ2) is 7.16. The van der Waals surface area contributed by atoms with Crippen molar-refractivity contribution in [1.82, 2.24) is 5.32 Å². The fourth-order valence-corrected chi connectivity index (χ4v) is 1.59. The molecule has 0 bridgehead atoms. The molecule has 3 amide bonds. The summed E-state index contributed by atoms with van der Waals surface area (Å²) in [6.45, 7) is 3.24. The van der Waals surface area contributed by atoms with E-state index in [0.717, 1.165) is 12.1 Å². The van der Waals surface area contributed by atoms with E-state index >= 15 is 0 Å². The van der Waals surface area contributed by atoms with Gasteiger partial charge >= 0.3 is 12.0 Å². The first-order chi connectivity index (χ1) is 10.2. The van der Waals surface area contributed by atoms with E-state index in [4.69, 9.17) is 10.5 Å². The Balaban J connectivity index is 2.85. The van der Waals surface area contributed by atoms with Gasteiger partial charge in [0.2, 0.25) is 0 Å². The van der Waals surface area contributed by atoms with E-state index in [1.54, 1.807) is 13.8 Å². The van der Waals surface area contributed by atoms with Crippen LogP contribution >= 0.6 is 0 Å². The van der Waals surface area contributed by atoms with Crippen molar-refractivity contribution in [1.29, 1.82) is 0 Å². The molecule has 0 heterocycles. The van der Waals surface area contributed by atoms with Crippen LogP contribution < -0.4 is 11.1 Å². The Morgan fingerprint density at radius 3 is 2.18 bits per heavy atom. The molecule has 118 valence electrons. The van der Waals surface area contributed by atoms with Crippen molar-refractivity contribution in [2.45, 2.75) is 20.0 Å². The van der Waals surface area contributed by atoms with E-state index in [1.165, 1.54) is 12.1 Å². The molecule has 0 saturated carbocycles. The number of benzene rings is 1. The Kier molecular flexibility index (Phi) is 5.56. The summed E-state index contributed by atoms with van der Waals surface area (Å²) in [5, 5.41) is 12.4. The number of carbonyl (C=O) groups excluding carboxylic acids is 3. The van der Waals surface area contributed by atoms with Gasteiger partial charge in [0.25, 0.3) is 11.6 Å². The van der Waals surface area contributed by atoms with Crippen molar-refractivity contribution in [3.05, 3.63) is 39.9 Å². The highest BCUT2D eigenvalue weighted by Gasteiger charge is 2.28. The van der Waals surface area contributed by atoms with Gasteiger partial charge in [-0.15, -0.1) is 0 Å². The van der Waals surface area contributed by atoms with Gasteiger partial charge in [-0.3, -0.25) is 20.2 Å². The lowest BCUT2D eigenvalue weighted by Gasteiger charge is -2.19. The number of hydrogen-bond acceptors (Lipinski definition) is 6. The Hall–Kier alpha value is -2.97. The summed E-state index contributed by atoms with van der Waals surface area (Å²) in [6.07, 6.45) is -1.21. The molecule has 22 heavy (non-hydrogen) atoms. The summed E-state index contributed by atoms with van der Waals surface area (Å²) >= 11 is 0. The van der Waals surface area contributed by atoms with Gasteiger partial charge in [-0.2, -0.15) is 0 Å². The van der Waals surface area contributed by atoms with Crippen molar-refractivity contribution in [2.75, 3.05) is 0 Å². The Morgan fingerprint density at radius 1 is 1.23 bits per heavy atom. The van der Waals surface area contributed by atoms with E-state index < -0.39 is 34.9 Å². The molecule has 0 aliphatic heterocycles. The summed E-state index contributed by atoms with van der Waals surface area (Å²) in [5.41, 5.74) is 4.71. The minimum absolute atomic E-state index is 0.0446. The third-order valence-electron chi connectivity index (χ3n) is 2.66. The maximum Gasteiger partial charge on any atom is 0.338 e. The van der Waals surface area contributed by atoms with Crippen molar-refractivity contribution in [2.24, 2.45) is 11.7 Å². The van der Waals surface area contributed by atoms with Gasteiger partial charge in [-0.1, -0.05) is 13.8 Å². The predicted octanol–water partition coefficient (Wildman–Crippen LogP) is 0.971. The highest BCUT2D eigenvalue weighted by molar-refractivity contribution is 5.98. The molecular formula is C13H15N3O6. The number of nitro groups is 1. The van der Waals surface area contributed by atoms with Crippen LogP contribution in [0.3, 0.4) is 0 Å². The van der Waals surface area contributed by atoms with Gasteiger partial charge < -0.3 is 10.5 Å². The quantitative estimate of drug-likeness (QED) is 0.471. The summed E-state index contributed by atoms with van der Waals surface area (Å²) in [6, 6.07) is 3.66. The molecule has 0 aliphatic rings. The Labute approximate surface area is 125 Å². The number of nitrogens with two attached hydrogens (primary N) is 1. The van der Waals surface area contributed by atoms with E-state index in [2.05, 4.69) is 0 Å². The van der Waals surface area contributed by atoms with Gasteiger partial charge in [-0.25, -0.2) is 9.59 Å². The normalized spacial score (nSPS) is 11.6. The van der Waals surface area contributed by atoms with Crippen LogP contribution in [0, 0.1) is 16.0 Å². The number of nitro benzene ring substituents is 1. The van der Waals surface area contributed by atoms with E-state index in [1.807, 2.05) is 5.32 Å². The first-order valence-electron chi connectivity index (χ1n) is 6.28. The molecule has 9 heteroatoms. The number of non-ortho nitro benzene ring substituents is 1. The molecule has 1 aromatic carbocycles. The third-order valence-corrected chi connectivity index (χ3v) is 2.66. The van der Waals surface area contributed by atoms with Crippen LogP contribution in [-0.4, -0.2) is 28.9 Å². The van der Waals surface area contributed by atoms with Crippen LogP contribution in [0.25, 0.3) is 0 Å². The Morgan fingerprint density at radius 2 is 1.77 bits per heavy atom. The average Bonchev–Trinajstić information content (AvgIpc) is 2.43. The summed E-state index contributed by atoms with van der Waals surface area (Å²) in [7, 11) is 0. The van der Waals surface area contributed by atoms with Crippen molar-refractivity contribution in [3.8, 4) is 0 Å². The lowest BCUT2D eigenvalue weighted by atomic mass is 10.1. The molecule has 9 nitrogen and oxygen atoms in total. The molecule has 0 aliphatic carbocycles. The molecule has 1 atom stereocenters. The number of urea groups is 1. The number of amides is 3. The van der Waals surface area contributed by atoms with Crippen LogP contribution in [0.2, 0.25) is 0 Å². The number of hydrogen-bond donors (Lipinski definition) is 2. The van der Waals surface area contributed by atoms with E-state index in [-0.39, 0.29) is 11.3 Å². The lowest BCUT2D eigenvalue weighted by Crippen LogP contribution is -2.45. The number of esters is 1. The van der Waals surface area contributed by atoms with Gasteiger partial charge in [0.05, 0.1) is 10.5 Å². The predicted molar refractivity (Wildman–Crippen MR) is 74.9 cm³/mol. The average molecular weight is 309 g/mol. The highest BCUT2D eigenvalue weighted by Crippen LogP contribution is 2.15. The molecule has 0 spiro atoms. The molecule has 0 fully saturated rings. The molecule has 1 aromatic rings. The second-order valence-corrected chi connectivity index (χ2v) is 4.73. The number of primary amides is 1. The summed E-state index contributed by atoms with van der Waals surface area (Å²) in [4.78, 5) is 44.3. The standard InChI is InChI=1S/C13H15N3O6/c1-7(2)10(11(17)15-13(14)19)22-12(18)8-3-5-9(6-4-8)16(20)21/h3-7,10H,1-2H3,(H3,14,15,17,19). The molecule has 0 aromatic heterocycles. The van der Waals surface area contributed by atoms with Gasteiger partial charge in [0.1, 0.15) is 0 Å². The zero-order valence-electron chi connectivity index (χ0n) is 11.9. The number of ether oxygens (including phenoxy) is 1. The fourth-order valence-electron chi connectivity index (χ4n) is 1.59. The topological polar surface area (TPSA) is 142 Å². The molecular weight excluding hydrogens is 294 g/mol. The molecule has 0 radical (unpaired) electrons. The maximum absolute atomic E-state index is 11.9. The Bertz CT molecular complexity index is 596. The van der Waals surface area contributed by atoms with E-state index in [9.17, 15) is 24.5 Å². The highest BCUT2D eigenvalue weighted by atomic mass is 16.6. The maximum atomic E-state index is 11.9. The van der Waals surface area contributed by atoms with Crippen molar-refractivity contribution in [3.63, 3.8) is 0 Å².